The Bertz CT molecular complexity index is 1190. The van der Waals surface area contributed by atoms with Gasteiger partial charge < -0.3 is 5.32 Å². The molecule has 1 unspecified atom stereocenters. The first kappa shape index (κ1) is 19.6. The van der Waals surface area contributed by atoms with Gasteiger partial charge in [0.1, 0.15) is 16.2 Å². The van der Waals surface area contributed by atoms with E-state index in [1.54, 1.807) is 17.7 Å². The third kappa shape index (κ3) is 3.97. The molecule has 30 heavy (non-hydrogen) atoms. The lowest BCUT2D eigenvalue weighted by atomic mass is 10.0. The summed E-state index contributed by atoms with van der Waals surface area (Å²) in [5.74, 6) is 1.40. The number of rotatable bonds is 5. The number of benzene rings is 2. The van der Waals surface area contributed by atoms with E-state index in [0.717, 1.165) is 38.5 Å². The van der Waals surface area contributed by atoms with Crippen molar-refractivity contribution in [3.8, 4) is 11.1 Å². The van der Waals surface area contributed by atoms with E-state index in [1.807, 2.05) is 36.0 Å². The van der Waals surface area contributed by atoms with Crippen molar-refractivity contribution in [2.45, 2.75) is 22.4 Å². The molecule has 2 aromatic heterocycles. The Morgan fingerprint density at radius 1 is 1.10 bits per heavy atom. The summed E-state index contributed by atoms with van der Waals surface area (Å²) in [6.45, 7) is 0. The molecule has 0 bridgehead atoms. The minimum absolute atomic E-state index is 0.0370. The van der Waals surface area contributed by atoms with Gasteiger partial charge in [-0.1, -0.05) is 60.3 Å². The van der Waals surface area contributed by atoms with Gasteiger partial charge in [0.2, 0.25) is 5.91 Å². The van der Waals surface area contributed by atoms with E-state index in [4.69, 9.17) is 0 Å². The molecule has 7 heteroatoms. The zero-order valence-electron chi connectivity index (χ0n) is 16.1. The third-order valence-electron chi connectivity index (χ3n) is 5.05. The van der Waals surface area contributed by atoms with Gasteiger partial charge >= 0.3 is 0 Å². The van der Waals surface area contributed by atoms with Crippen molar-refractivity contribution in [3.05, 3.63) is 71.9 Å². The SMILES string of the molecule is O=C(CSc1ncnc2scc(-c3ccccc3)c12)NC1CCSc2ccccc21. The molecule has 0 spiro atoms. The van der Waals surface area contributed by atoms with Crippen LogP contribution in [0.25, 0.3) is 21.3 Å². The number of thioether (sulfide) groups is 2. The third-order valence-corrected chi connectivity index (χ3v) is 8.05. The van der Waals surface area contributed by atoms with Crippen molar-refractivity contribution in [2.24, 2.45) is 0 Å². The first-order chi connectivity index (χ1) is 14.8. The molecule has 3 heterocycles. The molecule has 1 aliphatic heterocycles. The highest BCUT2D eigenvalue weighted by molar-refractivity contribution is 8.00. The highest BCUT2D eigenvalue weighted by Crippen LogP contribution is 2.38. The zero-order valence-corrected chi connectivity index (χ0v) is 18.5. The second kappa shape index (κ2) is 8.79. The van der Waals surface area contributed by atoms with E-state index in [0.29, 0.717) is 5.75 Å². The Kier molecular flexibility index (Phi) is 5.75. The molecule has 4 nitrogen and oxygen atoms in total. The molecule has 4 aromatic rings. The maximum atomic E-state index is 12.7. The normalized spacial score (nSPS) is 15.7. The lowest BCUT2D eigenvalue weighted by molar-refractivity contribution is -0.119. The van der Waals surface area contributed by atoms with Crippen molar-refractivity contribution >= 4 is 51.0 Å². The standard InChI is InChI=1S/C23H19N3OS3/c27-20(26-18-10-11-28-19-9-5-4-8-16(18)19)13-30-23-21-17(15-6-2-1-3-7-15)12-29-22(21)24-14-25-23/h1-9,12,14,18H,10-11,13H2,(H,26,27). The number of hydrogen-bond donors (Lipinski definition) is 1. The van der Waals surface area contributed by atoms with E-state index >= 15 is 0 Å². The average Bonchev–Trinajstić information content (AvgIpc) is 3.23. The summed E-state index contributed by atoms with van der Waals surface area (Å²) >= 11 is 4.95. The molecule has 2 aromatic carbocycles. The highest BCUT2D eigenvalue weighted by Gasteiger charge is 2.22. The van der Waals surface area contributed by atoms with Crippen LogP contribution < -0.4 is 5.32 Å². The maximum absolute atomic E-state index is 12.7. The summed E-state index contributed by atoms with van der Waals surface area (Å²) in [4.78, 5) is 23.9. The van der Waals surface area contributed by atoms with Crippen molar-refractivity contribution in [1.29, 1.82) is 0 Å². The van der Waals surface area contributed by atoms with Crippen molar-refractivity contribution in [2.75, 3.05) is 11.5 Å². The summed E-state index contributed by atoms with van der Waals surface area (Å²) < 4.78 is 0. The van der Waals surface area contributed by atoms with E-state index in [2.05, 4.69) is 51.0 Å². The molecular formula is C23H19N3OS3. The van der Waals surface area contributed by atoms with Crippen LogP contribution in [0.15, 0.2) is 76.2 Å². The van der Waals surface area contributed by atoms with Crippen LogP contribution in [0, 0.1) is 0 Å². The van der Waals surface area contributed by atoms with Crippen LogP contribution in [0.5, 0.6) is 0 Å². The minimum Gasteiger partial charge on any atom is -0.349 e. The Morgan fingerprint density at radius 2 is 1.93 bits per heavy atom. The van der Waals surface area contributed by atoms with Crippen LogP contribution in [0.3, 0.4) is 0 Å². The fraction of sp³-hybridized carbons (Fsp3) is 0.174. The van der Waals surface area contributed by atoms with Crippen molar-refractivity contribution in [3.63, 3.8) is 0 Å². The molecule has 150 valence electrons. The second-order valence-electron chi connectivity index (χ2n) is 6.96. The van der Waals surface area contributed by atoms with Crippen molar-refractivity contribution in [1.82, 2.24) is 15.3 Å². The van der Waals surface area contributed by atoms with Gasteiger partial charge in [-0.25, -0.2) is 9.97 Å². The highest BCUT2D eigenvalue weighted by atomic mass is 32.2. The molecule has 0 aliphatic carbocycles. The van der Waals surface area contributed by atoms with Crippen LogP contribution in [0.4, 0.5) is 0 Å². The lowest BCUT2D eigenvalue weighted by Crippen LogP contribution is -2.31. The Labute approximate surface area is 187 Å². The monoisotopic (exact) mass is 449 g/mol. The van der Waals surface area contributed by atoms with Gasteiger partial charge in [0.05, 0.1) is 17.2 Å². The Balaban J connectivity index is 1.34. The van der Waals surface area contributed by atoms with Crippen LogP contribution in [-0.4, -0.2) is 27.4 Å². The lowest BCUT2D eigenvalue weighted by Gasteiger charge is -2.25. The molecular weight excluding hydrogens is 430 g/mol. The largest absolute Gasteiger partial charge is 0.349 e. The van der Waals surface area contributed by atoms with Gasteiger partial charge in [-0.15, -0.1) is 23.1 Å². The predicted molar refractivity (Wildman–Crippen MR) is 126 cm³/mol. The molecule has 1 aliphatic rings. The summed E-state index contributed by atoms with van der Waals surface area (Å²) in [5.41, 5.74) is 3.49. The van der Waals surface area contributed by atoms with Crippen LogP contribution in [0.2, 0.25) is 0 Å². The Hall–Kier alpha value is -2.35. The smallest absolute Gasteiger partial charge is 0.230 e. The number of thiophene rings is 1. The minimum atomic E-state index is 0.0370. The molecule has 1 N–H and O–H groups in total. The number of nitrogens with one attached hydrogen (secondary N) is 1. The average molecular weight is 450 g/mol. The van der Waals surface area contributed by atoms with Gasteiger partial charge in [-0.05, 0) is 23.6 Å². The number of aromatic nitrogens is 2. The molecule has 1 amide bonds. The first-order valence-electron chi connectivity index (χ1n) is 9.71. The van der Waals surface area contributed by atoms with E-state index in [1.165, 1.54) is 22.2 Å². The fourth-order valence-corrected chi connectivity index (χ4v) is 6.58. The second-order valence-corrected chi connectivity index (χ2v) is 9.92. The first-order valence-corrected chi connectivity index (χ1v) is 12.6. The van der Waals surface area contributed by atoms with Crippen LogP contribution >= 0.6 is 34.9 Å². The van der Waals surface area contributed by atoms with Gasteiger partial charge in [0.15, 0.2) is 0 Å². The van der Waals surface area contributed by atoms with Gasteiger partial charge in [-0.2, -0.15) is 0 Å². The zero-order chi connectivity index (χ0) is 20.3. The molecule has 5 rings (SSSR count). The van der Waals surface area contributed by atoms with E-state index in [-0.39, 0.29) is 11.9 Å². The summed E-state index contributed by atoms with van der Waals surface area (Å²) in [5, 5.41) is 7.23. The fourth-order valence-electron chi connectivity index (χ4n) is 3.65. The van der Waals surface area contributed by atoms with Crippen molar-refractivity contribution < 1.29 is 4.79 Å². The number of nitrogens with zero attached hydrogens (tertiary/aromatic N) is 2. The number of carbonyl (C=O) groups excluding carboxylic acids is 1. The molecule has 1 atom stereocenters. The molecule has 0 saturated carbocycles. The van der Waals surface area contributed by atoms with Gasteiger partial charge in [0.25, 0.3) is 0 Å². The molecule has 0 radical (unpaired) electrons. The molecule has 0 saturated heterocycles. The topological polar surface area (TPSA) is 54.9 Å². The van der Waals surface area contributed by atoms with E-state index < -0.39 is 0 Å². The van der Waals surface area contributed by atoms with Gasteiger partial charge in [-0.3, -0.25) is 4.79 Å². The number of carbonyl (C=O) groups is 1. The number of hydrogen-bond acceptors (Lipinski definition) is 6. The van der Waals surface area contributed by atoms with Gasteiger partial charge in [0, 0.05) is 21.6 Å². The summed E-state index contributed by atoms with van der Waals surface area (Å²) in [6.07, 6.45) is 2.54. The summed E-state index contributed by atoms with van der Waals surface area (Å²) in [7, 11) is 0. The van der Waals surface area contributed by atoms with Crippen LogP contribution in [0.1, 0.15) is 18.0 Å². The molecule has 0 fully saturated rings. The van der Waals surface area contributed by atoms with Crippen LogP contribution in [-0.2, 0) is 4.79 Å². The van der Waals surface area contributed by atoms with E-state index in [9.17, 15) is 4.79 Å². The maximum Gasteiger partial charge on any atom is 0.230 e. The number of amides is 1. The predicted octanol–water partition coefficient (Wildman–Crippen LogP) is 5.80. The summed E-state index contributed by atoms with van der Waals surface area (Å²) in [6, 6.07) is 18.7. The number of fused-ring (bicyclic) bond motifs is 2. The quantitative estimate of drug-likeness (QED) is 0.308. The Morgan fingerprint density at radius 3 is 2.83 bits per heavy atom.